The number of rotatable bonds is 10. The second kappa shape index (κ2) is 17.8. The summed E-state index contributed by atoms with van der Waals surface area (Å²) < 4.78 is 21.8. The number of carbonyl (C=O) groups is 4. The van der Waals surface area contributed by atoms with Crippen LogP contribution in [-0.4, -0.2) is 106 Å². The van der Waals surface area contributed by atoms with Gasteiger partial charge in [-0.2, -0.15) is 0 Å². The number of alkyl carbamates (subject to hydrolysis) is 2. The van der Waals surface area contributed by atoms with E-state index in [0.29, 0.717) is 39.2 Å². The van der Waals surface area contributed by atoms with E-state index in [1.807, 2.05) is 35.9 Å². The third-order valence-electron chi connectivity index (χ3n) is 13.8. The lowest BCUT2D eigenvalue weighted by molar-refractivity contribution is -0.138. The molecule has 16 heteroatoms. The molecule has 4 N–H and O–H groups in total. The maximum absolute atomic E-state index is 14.3. The van der Waals surface area contributed by atoms with Gasteiger partial charge in [0.05, 0.1) is 49.2 Å². The highest BCUT2D eigenvalue weighted by Crippen LogP contribution is 2.44. The van der Waals surface area contributed by atoms with Gasteiger partial charge >= 0.3 is 12.2 Å². The summed E-state index contributed by atoms with van der Waals surface area (Å²) in [5.74, 6) is 2.00. The Labute approximate surface area is 372 Å². The van der Waals surface area contributed by atoms with E-state index in [9.17, 15) is 19.2 Å². The molecule has 4 aliphatic heterocycles. The van der Waals surface area contributed by atoms with E-state index in [-0.39, 0.29) is 47.7 Å². The second-order valence-electron chi connectivity index (χ2n) is 18.2. The normalized spacial score (nSPS) is 21.9. The van der Waals surface area contributed by atoms with Crippen molar-refractivity contribution in [2.45, 2.75) is 103 Å². The predicted molar refractivity (Wildman–Crippen MR) is 239 cm³/mol. The molecule has 0 bridgehead atoms. The Balaban J connectivity index is 0.967. The van der Waals surface area contributed by atoms with Crippen molar-refractivity contribution in [3.63, 3.8) is 0 Å². The van der Waals surface area contributed by atoms with Gasteiger partial charge in [0.1, 0.15) is 36.1 Å². The zero-order chi connectivity index (χ0) is 44.8. The molecule has 3 aromatic carbocycles. The maximum Gasteiger partial charge on any atom is 0.407 e. The van der Waals surface area contributed by atoms with Gasteiger partial charge in [0.2, 0.25) is 11.8 Å². The maximum atomic E-state index is 14.3. The number of carbonyl (C=O) groups excluding carboxylic acids is 4. The minimum Gasteiger partial charge on any atom is -0.488 e. The number of imidazole rings is 2. The number of hydrogen-bond donors (Lipinski definition) is 4. The van der Waals surface area contributed by atoms with Gasteiger partial charge in [-0.1, -0.05) is 45.9 Å². The number of nitrogens with one attached hydrogen (secondary N) is 4. The fraction of sp³-hybridized carbons (Fsp3) is 0.500. The summed E-state index contributed by atoms with van der Waals surface area (Å²) >= 11 is 0. The molecule has 338 valence electrons. The van der Waals surface area contributed by atoms with E-state index in [2.05, 4.69) is 70.8 Å². The molecule has 2 aromatic heterocycles. The number of amides is 4. The minimum absolute atomic E-state index is 0.0330. The van der Waals surface area contributed by atoms with Crippen molar-refractivity contribution >= 4 is 45.8 Å². The lowest BCUT2D eigenvalue weighted by Gasteiger charge is -2.34. The molecule has 6 heterocycles. The molecule has 6 atom stereocenters. The number of H-pyrrole nitrogens is 2. The fourth-order valence-electron chi connectivity index (χ4n) is 10.4. The number of ether oxygens (including phenoxy) is 4. The molecule has 16 nitrogen and oxygen atoms in total. The number of hydrogen-bond acceptors (Lipinski definition) is 10. The smallest absolute Gasteiger partial charge is 0.407 e. The molecule has 4 aliphatic rings. The Hall–Kier alpha value is -6.16. The summed E-state index contributed by atoms with van der Waals surface area (Å²) in [5, 5.41) is 7.56. The Bertz CT molecular complexity index is 2580. The molecule has 0 unspecified atom stereocenters. The number of nitrogens with zero attached hydrogens (tertiary/aromatic N) is 4. The highest BCUT2D eigenvalue weighted by Gasteiger charge is 2.44. The largest absolute Gasteiger partial charge is 0.488 e. The van der Waals surface area contributed by atoms with Crippen LogP contribution in [0.4, 0.5) is 9.59 Å². The van der Waals surface area contributed by atoms with Crippen LogP contribution >= 0.6 is 0 Å². The molecule has 5 aromatic rings. The monoisotopic (exact) mass is 874 g/mol. The Morgan fingerprint density at radius 2 is 1.67 bits per heavy atom. The molecule has 0 radical (unpaired) electrons. The number of aromatic nitrogens is 4. The van der Waals surface area contributed by atoms with Gasteiger partial charge in [-0.3, -0.25) is 9.59 Å². The number of benzene rings is 3. The van der Waals surface area contributed by atoms with Gasteiger partial charge in [-0.05, 0) is 103 Å². The van der Waals surface area contributed by atoms with E-state index in [0.717, 1.165) is 92.8 Å². The first kappa shape index (κ1) is 43.1. The third kappa shape index (κ3) is 8.01. The molecule has 3 fully saturated rings. The van der Waals surface area contributed by atoms with Gasteiger partial charge in [0.15, 0.2) is 0 Å². The van der Waals surface area contributed by atoms with E-state index >= 15 is 0 Å². The van der Waals surface area contributed by atoms with Crippen LogP contribution < -0.4 is 15.4 Å². The second-order valence-corrected chi connectivity index (χ2v) is 18.2. The number of fused-ring (bicyclic) bond motifs is 6. The zero-order valence-corrected chi connectivity index (χ0v) is 37.4. The van der Waals surface area contributed by atoms with Gasteiger partial charge in [0.25, 0.3) is 0 Å². The van der Waals surface area contributed by atoms with E-state index in [1.54, 1.807) is 0 Å². The van der Waals surface area contributed by atoms with Crippen LogP contribution in [0, 0.1) is 17.8 Å². The van der Waals surface area contributed by atoms with Crippen LogP contribution in [-0.2, 0) is 30.4 Å². The predicted octanol–water partition coefficient (Wildman–Crippen LogP) is 7.55. The average molecular weight is 875 g/mol. The van der Waals surface area contributed by atoms with Gasteiger partial charge in [-0.15, -0.1) is 0 Å². The van der Waals surface area contributed by atoms with E-state index < -0.39 is 24.3 Å². The molecular formula is C48H58N8O8. The molecular weight excluding hydrogens is 817 g/mol. The highest BCUT2D eigenvalue weighted by molar-refractivity contribution is 6.07. The van der Waals surface area contributed by atoms with Crippen molar-refractivity contribution in [2.75, 3.05) is 34.0 Å². The van der Waals surface area contributed by atoms with Crippen molar-refractivity contribution < 1.29 is 38.1 Å². The van der Waals surface area contributed by atoms with Crippen molar-refractivity contribution in [1.82, 2.24) is 40.4 Å². The molecule has 0 spiro atoms. The first-order chi connectivity index (χ1) is 31.0. The van der Waals surface area contributed by atoms with Crippen molar-refractivity contribution in [1.29, 1.82) is 0 Å². The zero-order valence-electron chi connectivity index (χ0n) is 37.4. The van der Waals surface area contributed by atoms with Gasteiger partial charge in [0, 0.05) is 36.8 Å². The first-order valence-corrected chi connectivity index (χ1v) is 22.6. The van der Waals surface area contributed by atoms with E-state index in [4.69, 9.17) is 28.9 Å². The lowest BCUT2D eigenvalue weighted by atomic mass is 9.90. The minimum atomic E-state index is -0.719. The molecule has 4 amide bonds. The van der Waals surface area contributed by atoms with E-state index in [1.165, 1.54) is 14.2 Å². The Kier molecular flexibility index (Phi) is 12.0. The van der Waals surface area contributed by atoms with Crippen LogP contribution in [0.5, 0.6) is 5.75 Å². The summed E-state index contributed by atoms with van der Waals surface area (Å²) in [6.07, 6.45) is 5.08. The summed E-state index contributed by atoms with van der Waals surface area (Å²) in [5.41, 5.74) is 6.60. The van der Waals surface area contributed by atoms with Gasteiger partial charge in [-0.25, -0.2) is 19.6 Å². The number of aromatic amines is 2. The third-order valence-corrected chi connectivity index (χ3v) is 13.8. The van der Waals surface area contributed by atoms with Gasteiger partial charge < -0.3 is 49.3 Å². The quantitative estimate of drug-likeness (QED) is 0.109. The van der Waals surface area contributed by atoms with Crippen molar-refractivity contribution in [3.8, 4) is 28.1 Å². The van der Waals surface area contributed by atoms with Crippen LogP contribution in [0.25, 0.3) is 44.2 Å². The molecule has 3 saturated heterocycles. The van der Waals surface area contributed by atoms with Crippen molar-refractivity contribution in [2.24, 2.45) is 17.8 Å². The van der Waals surface area contributed by atoms with Crippen molar-refractivity contribution in [3.05, 3.63) is 65.9 Å². The topological polar surface area (TPSA) is 193 Å². The molecule has 0 aliphatic carbocycles. The fourth-order valence-corrected chi connectivity index (χ4v) is 10.4. The lowest BCUT2D eigenvalue weighted by Crippen LogP contribution is -2.53. The molecule has 64 heavy (non-hydrogen) atoms. The first-order valence-electron chi connectivity index (χ1n) is 22.6. The average Bonchev–Trinajstić information content (AvgIpc) is 4.14. The van der Waals surface area contributed by atoms with Crippen LogP contribution in [0.3, 0.4) is 0 Å². The Morgan fingerprint density at radius 1 is 0.891 bits per heavy atom. The summed E-state index contributed by atoms with van der Waals surface area (Å²) in [7, 11) is 2.61. The van der Waals surface area contributed by atoms with Crippen LogP contribution in [0.1, 0.15) is 95.5 Å². The SMILES string of the molecule is CC[C@H]1CC[C@@H](c2ncc(-c3ccc4c(c3)COc3cc5c(ccc6[nH]c([C@@H]7C[C@H](C)CN7C(=O)[C@@H](NC(=O)OC)C7CCOCC7)nc65)cc3-4)[nH]2)N1C(=O)[C@@H](NC(=O)OC)C(C)C. The number of methoxy groups -OCH3 is 2. The Morgan fingerprint density at radius 3 is 2.42 bits per heavy atom. The standard InChI is InChI=1S/C48H58N8O8/c1-7-31-10-13-37(56(31)46(58)40(25(2)3)53-47(59)61-5)43-49-22-36(51-43)29-8-11-32-30(19-29)24-64-39-21-33-28(20-34(32)39)9-12-35-42(33)52-44(50-35)38-18-26(4)23-55(38)45(57)41(54-48(60)62-6)27-14-16-63-17-15-27/h8-9,11-12,19-22,25-27,31,37-38,40-41H,7,10,13-18,23-24H2,1-6H3,(H,49,51)(H,50,52)(H,53,59)(H,54,60)/t26-,31-,37-,38-,40-,41-/m0/s1. The van der Waals surface area contributed by atoms with Crippen LogP contribution in [0.15, 0.2) is 48.7 Å². The molecule has 0 saturated carbocycles. The number of likely N-dealkylation sites (tertiary alicyclic amines) is 2. The summed E-state index contributed by atoms with van der Waals surface area (Å²) in [6, 6.07) is 12.8. The van der Waals surface area contributed by atoms with Crippen LogP contribution in [0.2, 0.25) is 0 Å². The molecule has 9 rings (SSSR count). The highest BCUT2D eigenvalue weighted by atomic mass is 16.5. The summed E-state index contributed by atoms with van der Waals surface area (Å²) in [6.45, 7) is 10.1. The summed E-state index contributed by atoms with van der Waals surface area (Å²) in [4.78, 5) is 73.8.